The summed E-state index contributed by atoms with van der Waals surface area (Å²) in [5, 5.41) is 1.77. The number of nitrogens with zero attached hydrogens (tertiary/aromatic N) is 2. The van der Waals surface area contributed by atoms with E-state index < -0.39 is 12.0 Å². The van der Waals surface area contributed by atoms with Crippen molar-refractivity contribution in [3.63, 3.8) is 0 Å². The second kappa shape index (κ2) is 9.02. The van der Waals surface area contributed by atoms with Gasteiger partial charge in [-0.3, -0.25) is 19.3 Å². The van der Waals surface area contributed by atoms with Crippen LogP contribution in [-0.2, 0) is 25.7 Å². The largest absolute Gasteiger partial charge is 0.495 e. The molecule has 5 rings (SSSR count). The molecule has 2 aromatic rings. The molecule has 0 unspecified atom stereocenters. The topological polar surface area (TPSA) is 59.1 Å². The van der Waals surface area contributed by atoms with Crippen molar-refractivity contribution in [2.45, 2.75) is 57.9 Å². The molecule has 6 heteroatoms. The maximum Gasteiger partial charge on any atom is 0.262 e. The lowest BCUT2D eigenvalue weighted by molar-refractivity contribution is -0.144. The van der Waals surface area contributed by atoms with E-state index in [9.17, 15) is 9.59 Å². The predicted octanol–water partition coefficient (Wildman–Crippen LogP) is 4.47. The number of hydrogen-bond acceptors (Lipinski definition) is 5. The van der Waals surface area contributed by atoms with Crippen LogP contribution >= 0.6 is 0 Å². The van der Waals surface area contributed by atoms with Crippen LogP contribution in [0.5, 0.6) is 0 Å². The average Bonchev–Trinajstić information content (AvgIpc) is 3.36. The summed E-state index contributed by atoms with van der Waals surface area (Å²) in [7, 11) is 0. The first kappa shape index (κ1) is 21.7. The maximum absolute atomic E-state index is 13.7. The minimum absolute atomic E-state index is 0.180. The Hall–Kier alpha value is -3.12. The van der Waals surface area contributed by atoms with E-state index in [4.69, 9.17) is 9.57 Å². The van der Waals surface area contributed by atoms with Gasteiger partial charge in [0.1, 0.15) is 18.1 Å². The molecule has 0 saturated carbocycles. The van der Waals surface area contributed by atoms with Gasteiger partial charge in [-0.1, -0.05) is 62.4 Å². The molecule has 33 heavy (non-hydrogen) atoms. The summed E-state index contributed by atoms with van der Waals surface area (Å²) in [6.07, 6.45) is 3.59. The molecule has 0 spiro atoms. The second-order valence-corrected chi connectivity index (χ2v) is 9.05. The van der Waals surface area contributed by atoms with Crippen LogP contribution < -0.4 is 5.06 Å². The van der Waals surface area contributed by atoms with Gasteiger partial charge in [-0.15, -0.1) is 0 Å². The van der Waals surface area contributed by atoms with E-state index in [-0.39, 0.29) is 36.4 Å². The van der Waals surface area contributed by atoms with E-state index in [0.29, 0.717) is 0 Å². The third-order valence-electron chi connectivity index (χ3n) is 7.14. The minimum Gasteiger partial charge on any atom is -0.495 e. The number of amides is 2. The van der Waals surface area contributed by atoms with Gasteiger partial charge in [0.25, 0.3) is 5.91 Å². The van der Waals surface area contributed by atoms with Gasteiger partial charge in [0.15, 0.2) is 6.10 Å². The standard InChI is InChI=1S/C27H30N2O4/c1-3-18-15-20(4-2)24(32-17-18)23-22-25(33-29(23)21-13-9-6-10-14-21)27(31)28(26(22)30)16-19-11-7-5-8-12-19/h5-14,17,20,22-25H,3-4,15-16H2,1-2H3/t20-,22-,23+,24+,25+/m1/s1. The number of benzene rings is 2. The highest BCUT2D eigenvalue weighted by molar-refractivity contribution is 6.07. The number of fused-ring (bicyclic) bond motifs is 1. The van der Waals surface area contributed by atoms with Gasteiger partial charge in [-0.05, 0) is 42.5 Å². The Morgan fingerprint density at radius 3 is 2.30 bits per heavy atom. The third-order valence-corrected chi connectivity index (χ3v) is 7.14. The Kier molecular flexibility index (Phi) is 5.94. The van der Waals surface area contributed by atoms with Crippen LogP contribution in [0.1, 0.15) is 38.7 Å². The second-order valence-electron chi connectivity index (χ2n) is 9.05. The minimum atomic E-state index is -0.830. The van der Waals surface area contributed by atoms with E-state index in [0.717, 1.165) is 30.5 Å². The van der Waals surface area contributed by atoms with Crippen molar-refractivity contribution < 1.29 is 19.2 Å². The van der Waals surface area contributed by atoms with Gasteiger partial charge in [-0.2, -0.15) is 0 Å². The van der Waals surface area contributed by atoms with Gasteiger partial charge < -0.3 is 4.74 Å². The van der Waals surface area contributed by atoms with Crippen molar-refractivity contribution >= 4 is 17.5 Å². The highest BCUT2D eigenvalue weighted by Crippen LogP contribution is 2.44. The van der Waals surface area contributed by atoms with Crippen LogP contribution in [0.2, 0.25) is 0 Å². The zero-order valence-corrected chi connectivity index (χ0v) is 19.1. The highest BCUT2D eigenvalue weighted by atomic mass is 16.7. The summed E-state index contributed by atoms with van der Waals surface area (Å²) in [5.41, 5.74) is 3.03. The summed E-state index contributed by atoms with van der Waals surface area (Å²) in [4.78, 5) is 34.6. The third kappa shape index (κ3) is 3.82. The molecule has 2 fully saturated rings. The lowest BCUT2D eigenvalue weighted by Gasteiger charge is -2.39. The van der Waals surface area contributed by atoms with Crippen molar-refractivity contribution in [1.29, 1.82) is 0 Å². The quantitative estimate of drug-likeness (QED) is 0.613. The molecule has 3 aliphatic heterocycles. The Balaban J connectivity index is 1.50. The molecular weight excluding hydrogens is 416 g/mol. The van der Waals surface area contributed by atoms with Gasteiger partial charge >= 0.3 is 0 Å². The summed E-state index contributed by atoms with van der Waals surface area (Å²) < 4.78 is 6.30. The normalized spacial score (nSPS) is 29.2. The molecule has 2 amide bonds. The van der Waals surface area contributed by atoms with Crippen LogP contribution in [0.3, 0.4) is 0 Å². The monoisotopic (exact) mass is 446 g/mol. The van der Waals surface area contributed by atoms with Crippen molar-refractivity contribution in [1.82, 2.24) is 4.90 Å². The Morgan fingerprint density at radius 1 is 0.939 bits per heavy atom. The lowest BCUT2D eigenvalue weighted by Crippen LogP contribution is -2.50. The van der Waals surface area contributed by atoms with Crippen molar-refractivity contribution in [2.24, 2.45) is 11.8 Å². The van der Waals surface area contributed by atoms with E-state index in [1.54, 1.807) is 5.06 Å². The van der Waals surface area contributed by atoms with E-state index >= 15 is 0 Å². The van der Waals surface area contributed by atoms with Crippen LogP contribution in [0.4, 0.5) is 5.69 Å². The fraction of sp³-hybridized carbons (Fsp3) is 0.407. The number of anilines is 1. The summed E-state index contributed by atoms with van der Waals surface area (Å²) >= 11 is 0. The number of hydroxylamine groups is 1. The van der Waals surface area contributed by atoms with E-state index in [2.05, 4.69) is 13.8 Å². The van der Waals surface area contributed by atoms with Crippen LogP contribution in [0, 0.1) is 11.8 Å². The number of imide groups is 1. The Labute approximate surface area is 194 Å². The first-order valence-corrected chi connectivity index (χ1v) is 11.9. The lowest BCUT2D eigenvalue weighted by atomic mass is 9.80. The summed E-state index contributed by atoms with van der Waals surface area (Å²) in [5.74, 6) is -0.807. The molecule has 0 aliphatic carbocycles. The maximum atomic E-state index is 13.7. The summed E-state index contributed by atoms with van der Waals surface area (Å²) in [6, 6.07) is 18.9. The molecule has 0 radical (unpaired) electrons. The first-order chi connectivity index (χ1) is 16.1. The van der Waals surface area contributed by atoms with E-state index in [1.807, 2.05) is 66.9 Å². The van der Waals surface area contributed by atoms with E-state index in [1.165, 1.54) is 10.5 Å². The molecule has 172 valence electrons. The zero-order chi connectivity index (χ0) is 22.9. The number of hydrogen-bond donors (Lipinski definition) is 0. The number of ether oxygens (including phenoxy) is 1. The summed E-state index contributed by atoms with van der Waals surface area (Å²) in [6.45, 7) is 4.55. The van der Waals surface area contributed by atoms with Gasteiger partial charge in [-0.25, -0.2) is 5.06 Å². The molecule has 6 nitrogen and oxygen atoms in total. The van der Waals surface area contributed by atoms with Crippen LogP contribution in [0.15, 0.2) is 72.5 Å². The van der Waals surface area contributed by atoms with Crippen molar-refractivity contribution in [2.75, 3.05) is 5.06 Å². The number of para-hydroxylation sites is 1. The molecule has 3 aliphatic rings. The van der Waals surface area contributed by atoms with Gasteiger partial charge in [0, 0.05) is 5.92 Å². The zero-order valence-electron chi connectivity index (χ0n) is 19.1. The fourth-order valence-corrected chi connectivity index (χ4v) is 5.32. The van der Waals surface area contributed by atoms with Crippen LogP contribution in [0.25, 0.3) is 0 Å². The number of carbonyl (C=O) groups is 2. The van der Waals surface area contributed by atoms with Gasteiger partial charge in [0.2, 0.25) is 5.91 Å². The fourth-order valence-electron chi connectivity index (χ4n) is 5.32. The Morgan fingerprint density at radius 2 is 1.64 bits per heavy atom. The predicted molar refractivity (Wildman–Crippen MR) is 125 cm³/mol. The van der Waals surface area contributed by atoms with Crippen molar-refractivity contribution in [3.05, 3.63) is 78.1 Å². The molecule has 0 aromatic heterocycles. The molecule has 0 N–H and O–H groups in total. The average molecular weight is 447 g/mol. The number of rotatable bonds is 6. The SMILES string of the molecule is CCC1=CO[C@H]([C@@H]2[C@H]3C(=O)N(Cc4ccccc4)C(=O)[C@H]3ON2c2ccccc2)[C@H](CC)C1. The molecule has 0 bridgehead atoms. The number of carbonyl (C=O) groups excluding carboxylic acids is 2. The number of allylic oxidation sites excluding steroid dienone is 1. The number of likely N-dealkylation sites (tertiary alicyclic amines) is 1. The smallest absolute Gasteiger partial charge is 0.262 e. The highest BCUT2D eigenvalue weighted by Gasteiger charge is 2.62. The molecule has 3 heterocycles. The van der Waals surface area contributed by atoms with Crippen molar-refractivity contribution in [3.8, 4) is 0 Å². The van der Waals surface area contributed by atoms with Gasteiger partial charge in [0.05, 0.1) is 18.5 Å². The first-order valence-electron chi connectivity index (χ1n) is 11.9. The molecule has 5 atom stereocenters. The molecular formula is C27H30N2O4. The molecule has 2 saturated heterocycles. The van der Waals surface area contributed by atoms with Crippen LogP contribution in [-0.4, -0.2) is 35.0 Å². The Bertz CT molecular complexity index is 1040. The molecule has 2 aromatic carbocycles.